The molecule has 3 N–H and O–H groups in total. The Labute approximate surface area is 111 Å². The first-order valence-corrected chi connectivity index (χ1v) is 5.70. The van der Waals surface area contributed by atoms with Crippen LogP contribution in [0.15, 0.2) is 24.3 Å². The van der Waals surface area contributed by atoms with E-state index in [0.29, 0.717) is 5.69 Å². The molecule has 0 fully saturated rings. The predicted octanol–water partition coefficient (Wildman–Crippen LogP) is 2.15. The van der Waals surface area contributed by atoms with Crippen LogP contribution in [0.4, 0.5) is 10.5 Å². The van der Waals surface area contributed by atoms with E-state index in [1.165, 1.54) is 24.3 Å². The number of ether oxygens (including phenoxy) is 1. The lowest BCUT2D eigenvalue weighted by molar-refractivity contribution is -0.146. The third-order valence-electron chi connectivity index (χ3n) is 2.11. The number of anilines is 1. The fraction of sp³-hybridized carbons (Fsp3) is 0.385. The molecule has 19 heavy (non-hydrogen) atoms. The second kappa shape index (κ2) is 5.71. The van der Waals surface area contributed by atoms with E-state index in [-0.39, 0.29) is 5.56 Å². The van der Waals surface area contributed by atoms with Crippen LogP contribution in [-0.2, 0) is 9.53 Å². The van der Waals surface area contributed by atoms with Gasteiger partial charge in [0.15, 0.2) is 6.10 Å². The lowest BCUT2D eigenvalue weighted by atomic mass is 10.1. The van der Waals surface area contributed by atoms with Gasteiger partial charge in [-0.15, -0.1) is 0 Å². The van der Waals surface area contributed by atoms with Crippen molar-refractivity contribution in [3.05, 3.63) is 29.8 Å². The first-order valence-electron chi connectivity index (χ1n) is 5.70. The summed E-state index contributed by atoms with van der Waals surface area (Å²) >= 11 is 0. The average molecular weight is 267 g/mol. The molecule has 0 saturated heterocycles. The first-order chi connectivity index (χ1) is 8.69. The maximum absolute atomic E-state index is 11.5. The van der Waals surface area contributed by atoms with Crippen LogP contribution < -0.4 is 5.32 Å². The topological polar surface area (TPSA) is 95.9 Å². The summed E-state index contributed by atoms with van der Waals surface area (Å²) in [5.41, 5.74) is 0.0987. The van der Waals surface area contributed by atoms with Gasteiger partial charge in [-0.3, -0.25) is 5.32 Å². The van der Waals surface area contributed by atoms with E-state index in [2.05, 4.69) is 5.32 Å². The number of nitrogens with one attached hydrogen (secondary N) is 1. The van der Waals surface area contributed by atoms with Crippen molar-refractivity contribution in [1.29, 1.82) is 0 Å². The number of hydrogen-bond acceptors (Lipinski definition) is 4. The molecule has 0 saturated carbocycles. The zero-order valence-electron chi connectivity index (χ0n) is 11.0. The molecule has 104 valence electrons. The highest BCUT2D eigenvalue weighted by Crippen LogP contribution is 2.17. The number of rotatable bonds is 3. The Morgan fingerprint density at radius 2 is 1.74 bits per heavy atom. The number of aliphatic carboxylic acids is 1. The number of hydrogen-bond donors (Lipinski definition) is 3. The molecule has 0 heterocycles. The summed E-state index contributed by atoms with van der Waals surface area (Å²) < 4.78 is 5.06. The highest BCUT2D eigenvalue weighted by atomic mass is 16.6. The van der Waals surface area contributed by atoms with Crippen molar-refractivity contribution in [3.63, 3.8) is 0 Å². The van der Waals surface area contributed by atoms with Gasteiger partial charge in [0.2, 0.25) is 0 Å². The van der Waals surface area contributed by atoms with Crippen LogP contribution in [0, 0.1) is 0 Å². The minimum absolute atomic E-state index is 0.238. The number of aliphatic hydroxyl groups excluding tert-OH is 1. The Morgan fingerprint density at radius 3 is 2.16 bits per heavy atom. The largest absolute Gasteiger partial charge is 0.479 e. The van der Waals surface area contributed by atoms with E-state index in [0.717, 1.165) is 0 Å². The summed E-state index contributed by atoms with van der Waals surface area (Å²) in [6, 6.07) is 5.83. The Bertz CT molecular complexity index is 461. The van der Waals surface area contributed by atoms with Crippen LogP contribution >= 0.6 is 0 Å². The standard InChI is InChI=1S/C13H17NO5/c1-13(2,3)19-12(18)14-9-6-4-8(5-7-9)10(15)11(16)17/h4-7,10,15H,1-3H3,(H,14,18)(H,16,17)/t10-/m1/s1. The van der Waals surface area contributed by atoms with Gasteiger partial charge >= 0.3 is 12.1 Å². The van der Waals surface area contributed by atoms with Gasteiger partial charge < -0.3 is 14.9 Å². The number of carbonyl (C=O) groups is 2. The molecular weight excluding hydrogens is 250 g/mol. The molecule has 0 unspecified atom stereocenters. The lowest BCUT2D eigenvalue weighted by Gasteiger charge is -2.19. The van der Waals surface area contributed by atoms with Crippen LogP contribution in [0.3, 0.4) is 0 Å². The van der Waals surface area contributed by atoms with Gasteiger partial charge in [-0.2, -0.15) is 0 Å². The van der Waals surface area contributed by atoms with E-state index in [4.69, 9.17) is 9.84 Å². The molecule has 6 heteroatoms. The summed E-state index contributed by atoms with van der Waals surface area (Å²) in [5, 5.41) is 20.5. The van der Waals surface area contributed by atoms with Gasteiger partial charge in [0.1, 0.15) is 5.60 Å². The third-order valence-corrected chi connectivity index (χ3v) is 2.11. The number of benzene rings is 1. The van der Waals surface area contributed by atoms with Crippen molar-refractivity contribution >= 4 is 17.7 Å². The lowest BCUT2D eigenvalue weighted by Crippen LogP contribution is -2.27. The van der Waals surface area contributed by atoms with Gasteiger partial charge in [-0.25, -0.2) is 9.59 Å². The average Bonchev–Trinajstić information content (AvgIpc) is 2.26. The molecule has 1 atom stereocenters. The van der Waals surface area contributed by atoms with E-state index >= 15 is 0 Å². The fourth-order valence-electron chi connectivity index (χ4n) is 1.31. The van der Waals surface area contributed by atoms with Gasteiger partial charge in [-0.05, 0) is 38.5 Å². The van der Waals surface area contributed by atoms with E-state index in [9.17, 15) is 14.7 Å². The summed E-state index contributed by atoms with van der Waals surface area (Å²) in [5.74, 6) is -1.33. The van der Waals surface area contributed by atoms with E-state index in [1.54, 1.807) is 20.8 Å². The van der Waals surface area contributed by atoms with Gasteiger partial charge in [-0.1, -0.05) is 12.1 Å². The SMILES string of the molecule is CC(C)(C)OC(=O)Nc1ccc([C@@H](O)C(=O)O)cc1. The monoisotopic (exact) mass is 267 g/mol. The maximum atomic E-state index is 11.5. The molecule has 0 spiro atoms. The second-order valence-electron chi connectivity index (χ2n) is 4.99. The number of amides is 1. The van der Waals surface area contributed by atoms with Crippen molar-refractivity contribution < 1.29 is 24.5 Å². The molecule has 0 aromatic heterocycles. The molecule has 0 aliphatic carbocycles. The van der Waals surface area contributed by atoms with Crippen LogP contribution in [0.1, 0.15) is 32.4 Å². The summed E-state index contributed by atoms with van der Waals surface area (Å²) in [6.45, 7) is 5.25. The normalized spacial score (nSPS) is 12.6. The maximum Gasteiger partial charge on any atom is 0.412 e. The van der Waals surface area contributed by atoms with Crippen LogP contribution in [0.5, 0.6) is 0 Å². The molecule has 1 aromatic carbocycles. The Kier molecular flexibility index (Phi) is 4.50. The molecule has 0 radical (unpaired) electrons. The molecule has 1 rings (SSSR count). The summed E-state index contributed by atoms with van der Waals surface area (Å²) in [4.78, 5) is 22.1. The molecule has 1 amide bonds. The van der Waals surface area contributed by atoms with Gasteiger partial charge in [0.25, 0.3) is 0 Å². The summed E-state index contributed by atoms with van der Waals surface area (Å²) in [6.07, 6.45) is -2.17. The first kappa shape index (κ1) is 15.0. The van der Waals surface area contributed by atoms with Crippen LogP contribution in [0.25, 0.3) is 0 Å². The molecule has 0 aliphatic heterocycles. The fourth-order valence-corrected chi connectivity index (χ4v) is 1.31. The third kappa shape index (κ3) is 4.97. The molecular formula is C13H17NO5. The Hall–Kier alpha value is -2.08. The minimum atomic E-state index is -1.57. The number of aliphatic hydroxyl groups is 1. The zero-order chi connectivity index (χ0) is 14.6. The number of carboxylic acids is 1. The van der Waals surface area contributed by atoms with Gasteiger partial charge in [0, 0.05) is 5.69 Å². The number of carboxylic acid groups (broad SMARTS) is 1. The van der Waals surface area contributed by atoms with Crippen molar-refractivity contribution in [2.45, 2.75) is 32.5 Å². The van der Waals surface area contributed by atoms with Crippen molar-refractivity contribution in [2.24, 2.45) is 0 Å². The Morgan fingerprint density at radius 1 is 1.21 bits per heavy atom. The highest BCUT2D eigenvalue weighted by molar-refractivity contribution is 5.85. The second-order valence-corrected chi connectivity index (χ2v) is 4.99. The zero-order valence-corrected chi connectivity index (χ0v) is 11.0. The van der Waals surface area contributed by atoms with Crippen molar-refractivity contribution in [1.82, 2.24) is 0 Å². The molecule has 0 bridgehead atoms. The Balaban J connectivity index is 2.67. The molecule has 0 aliphatic rings. The quantitative estimate of drug-likeness (QED) is 0.779. The molecule has 1 aromatic rings. The minimum Gasteiger partial charge on any atom is -0.479 e. The molecule has 6 nitrogen and oxygen atoms in total. The van der Waals surface area contributed by atoms with E-state index in [1.807, 2.05) is 0 Å². The van der Waals surface area contributed by atoms with Crippen molar-refractivity contribution in [3.8, 4) is 0 Å². The highest BCUT2D eigenvalue weighted by Gasteiger charge is 2.17. The van der Waals surface area contributed by atoms with Crippen molar-refractivity contribution in [2.75, 3.05) is 5.32 Å². The number of carbonyl (C=O) groups excluding carboxylic acids is 1. The van der Waals surface area contributed by atoms with Crippen LogP contribution in [0.2, 0.25) is 0 Å². The van der Waals surface area contributed by atoms with Crippen LogP contribution in [-0.4, -0.2) is 27.9 Å². The smallest absolute Gasteiger partial charge is 0.412 e. The van der Waals surface area contributed by atoms with Gasteiger partial charge in [0.05, 0.1) is 0 Å². The predicted molar refractivity (Wildman–Crippen MR) is 68.9 cm³/mol. The van der Waals surface area contributed by atoms with E-state index < -0.39 is 23.8 Å². The summed E-state index contributed by atoms with van der Waals surface area (Å²) in [7, 11) is 0.